The zero-order valence-corrected chi connectivity index (χ0v) is 21.5. The van der Waals surface area contributed by atoms with E-state index in [-0.39, 0.29) is 17.4 Å². The number of hydrogen-bond donors (Lipinski definition) is 2. The lowest BCUT2D eigenvalue weighted by molar-refractivity contribution is -0.114. The van der Waals surface area contributed by atoms with Gasteiger partial charge < -0.3 is 14.8 Å². The highest BCUT2D eigenvalue weighted by atomic mass is 79.9. The molecule has 4 rings (SSSR count). The monoisotopic (exact) mass is 581 g/mol. The first-order valence-electron chi connectivity index (χ1n) is 10.1. The van der Waals surface area contributed by atoms with Crippen LogP contribution in [0.1, 0.15) is 0 Å². The van der Waals surface area contributed by atoms with Crippen molar-refractivity contribution in [2.24, 2.45) is 0 Å². The number of rotatable bonds is 8. The van der Waals surface area contributed by atoms with Gasteiger partial charge in [-0.1, -0.05) is 15.9 Å². The van der Waals surface area contributed by atoms with E-state index >= 15 is 0 Å². The number of carbonyl (C=O) groups excluding carboxylic acids is 1. The van der Waals surface area contributed by atoms with Crippen LogP contribution in [-0.2, 0) is 24.8 Å². The Bertz CT molecular complexity index is 1460. The van der Waals surface area contributed by atoms with Gasteiger partial charge in [0.1, 0.15) is 6.54 Å². The van der Waals surface area contributed by atoms with Gasteiger partial charge >= 0.3 is 0 Å². The highest BCUT2D eigenvalue weighted by Crippen LogP contribution is 2.36. The summed E-state index contributed by atoms with van der Waals surface area (Å²) in [6, 6.07) is 16.7. The Morgan fingerprint density at radius 1 is 0.914 bits per heavy atom. The zero-order chi connectivity index (χ0) is 25.2. The molecule has 3 aromatic rings. The molecule has 184 valence electrons. The number of ether oxygens (including phenoxy) is 2. The largest absolute Gasteiger partial charge is 0.454 e. The lowest BCUT2D eigenvalue weighted by Gasteiger charge is -2.22. The summed E-state index contributed by atoms with van der Waals surface area (Å²) in [7, 11) is -7.63. The third kappa shape index (κ3) is 6.05. The third-order valence-electron chi connectivity index (χ3n) is 4.88. The maximum Gasteiger partial charge on any atom is 0.261 e. The number of benzene rings is 3. The highest BCUT2D eigenvalue weighted by molar-refractivity contribution is 9.10. The molecule has 0 aliphatic carbocycles. The maximum atomic E-state index is 12.6. The molecule has 1 aliphatic heterocycles. The first-order chi connectivity index (χ1) is 16.5. The fourth-order valence-electron chi connectivity index (χ4n) is 3.22. The molecule has 0 radical (unpaired) electrons. The van der Waals surface area contributed by atoms with Crippen molar-refractivity contribution in [3.8, 4) is 11.5 Å². The summed E-state index contributed by atoms with van der Waals surface area (Å²) in [6.07, 6.45) is 0.989. The van der Waals surface area contributed by atoms with E-state index in [0.29, 0.717) is 22.9 Å². The average Bonchev–Trinajstić information content (AvgIpc) is 3.26. The highest BCUT2D eigenvalue weighted by Gasteiger charge is 2.24. The van der Waals surface area contributed by atoms with Gasteiger partial charge in [0.25, 0.3) is 10.0 Å². The predicted octanol–water partition coefficient (Wildman–Crippen LogP) is 3.38. The molecule has 0 fully saturated rings. The van der Waals surface area contributed by atoms with Gasteiger partial charge in [-0.3, -0.25) is 13.8 Å². The van der Waals surface area contributed by atoms with Crippen molar-refractivity contribution in [3.63, 3.8) is 0 Å². The van der Waals surface area contributed by atoms with Crippen LogP contribution in [0.5, 0.6) is 11.5 Å². The average molecular weight is 582 g/mol. The van der Waals surface area contributed by atoms with Crippen LogP contribution in [0.2, 0.25) is 0 Å². The number of fused-ring (bicyclic) bond motifs is 1. The fraction of sp³-hybridized carbons (Fsp3) is 0.136. The molecule has 3 aromatic carbocycles. The second-order valence-electron chi connectivity index (χ2n) is 7.49. The summed E-state index contributed by atoms with van der Waals surface area (Å²) >= 11 is 3.29. The summed E-state index contributed by atoms with van der Waals surface area (Å²) < 4.78 is 64.6. The van der Waals surface area contributed by atoms with E-state index < -0.39 is 32.5 Å². The molecule has 0 spiro atoms. The molecule has 0 aromatic heterocycles. The Morgan fingerprint density at radius 2 is 1.54 bits per heavy atom. The van der Waals surface area contributed by atoms with Gasteiger partial charge in [-0.25, -0.2) is 16.8 Å². The van der Waals surface area contributed by atoms with Crippen molar-refractivity contribution in [1.29, 1.82) is 0 Å². The summed E-state index contributed by atoms with van der Waals surface area (Å²) in [5.41, 5.74) is 0.944. The van der Waals surface area contributed by atoms with Crippen LogP contribution >= 0.6 is 15.9 Å². The summed E-state index contributed by atoms with van der Waals surface area (Å²) in [5.74, 6) is 0.248. The lowest BCUT2D eigenvalue weighted by Crippen LogP contribution is -2.37. The first kappa shape index (κ1) is 24.8. The molecular weight excluding hydrogens is 562 g/mol. The molecule has 10 nitrogen and oxygen atoms in total. The second kappa shape index (κ2) is 9.76. The van der Waals surface area contributed by atoms with E-state index in [4.69, 9.17) is 9.47 Å². The van der Waals surface area contributed by atoms with E-state index in [1.165, 1.54) is 36.4 Å². The molecule has 0 unspecified atom stereocenters. The number of carbonyl (C=O) groups is 1. The zero-order valence-electron chi connectivity index (χ0n) is 18.3. The molecule has 13 heteroatoms. The minimum atomic E-state index is -3.84. The smallest absolute Gasteiger partial charge is 0.261 e. The van der Waals surface area contributed by atoms with Gasteiger partial charge in [-0.15, -0.1) is 0 Å². The first-order valence-corrected chi connectivity index (χ1v) is 14.2. The second-order valence-corrected chi connectivity index (χ2v) is 12.0. The van der Waals surface area contributed by atoms with Crippen molar-refractivity contribution in [3.05, 3.63) is 71.2 Å². The van der Waals surface area contributed by atoms with Crippen molar-refractivity contribution in [2.45, 2.75) is 4.90 Å². The Hall–Kier alpha value is -3.29. The SMILES string of the molecule is CS(=O)(=O)N(CC(=O)Nc1ccc(S(=O)(=O)Nc2ccc(Br)cc2)cc1)c1ccc2c(c1)OCO2. The lowest BCUT2D eigenvalue weighted by atomic mass is 10.2. The number of amides is 1. The Balaban J connectivity index is 1.45. The van der Waals surface area contributed by atoms with Crippen LogP contribution < -0.4 is 23.8 Å². The van der Waals surface area contributed by atoms with Crippen molar-refractivity contribution in [2.75, 3.05) is 33.9 Å². The molecule has 0 atom stereocenters. The van der Waals surface area contributed by atoms with E-state index in [2.05, 4.69) is 26.0 Å². The molecule has 2 N–H and O–H groups in total. The summed E-state index contributed by atoms with van der Waals surface area (Å²) in [4.78, 5) is 12.6. The minimum absolute atomic E-state index is 0.00320. The predicted molar refractivity (Wildman–Crippen MR) is 135 cm³/mol. The summed E-state index contributed by atoms with van der Waals surface area (Å²) in [6.45, 7) is -0.466. The fourth-order valence-corrected chi connectivity index (χ4v) is 5.39. The molecule has 1 aliphatic rings. The van der Waals surface area contributed by atoms with Gasteiger partial charge in [0.15, 0.2) is 11.5 Å². The van der Waals surface area contributed by atoms with Crippen molar-refractivity contribution in [1.82, 2.24) is 0 Å². The van der Waals surface area contributed by atoms with E-state index in [1.54, 1.807) is 30.3 Å². The number of nitrogens with one attached hydrogen (secondary N) is 2. The van der Waals surface area contributed by atoms with E-state index in [1.807, 2.05) is 0 Å². The Morgan fingerprint density at radius 3 is 2.20 bits per heavy atom. The van der Waals surface area contributed by atoms with Crippen molar-refractivity contribution < 1.29 is 31.1 Å². The van der Waals surface area contributed by atoms with Gasteiger partial charge in [0.2, 0.25) is 22.7 Å². The topological polar surface area (TPSA) is 131 Å². The molecule has 1 amide bonds. The Labute approximate surface area is 211 Å². The van der Waals surface area contributed by atoms with Gasteiger partial charge in [0, 0.05) is 21.9 Å². The molecule has 1 heterocycles. The van der Waals surface area contributed by atoms with Crippen LogP contribution in [0, 0.1) is 0 Å². The molecular formula is C22H20BrN3O7S2. The molecule has 0 bridgehead atoms. The van der Waals surface area contributed by atoms with Crippen LogP contribution in [-0.4, -0.2) is 42.3 Å². The number of anilines is 3. The third-order valence-corrected chi connectivity index (χ3v) is 7.94. The number of sulfonamides is 2. The minimum Gasteiger partial charge on any atom is -0.454 e. The van der Waals surface area contributed by atoms with Crippen LogP contribution in [0.15, 0.2) is 76.1 Å². The van der Waals surface area contributed by atoms with Crippen LogP contribution in [0.25, 0.3) is 0 Å². The molecule has 35 heavy (non-hydrogen) atoms. The maximum absolute atomic E-state index is 12.6. The van der Waals surface area contributed by atoms with Crippen LogP contribution in [0.4, 0.5) is 17.1 Å². The Kier molecular flexibility index (Phi) is 6.92. The molecule has 0 saturated carbocycles. The van der Waals surface area contributed by atoms with E-state index in [9.17, 15) is 21.6 Å². The normalized spacial score (nSPS) is 12.7. The van der Waals surface area contributed by atoms with E-state index in [0.717, 1.165) is 15.0 Å². The standard InChI is InChI=1S/C22H20BrN3O7S2/c1-34(28,29)26(18-8-11-20-21(12-18)33-14-32-20)13-22(27)24-16-6-9-19(10-7-16)35(30,31)25-17-4-2-15(23)3-5-17/h2-12,25H,13-14H2,1H3,(H,24,27). The number of halogens is 1. The van der Waals surface area contributed by atoms with Crippen LogP contribution in [0.3, 0.4) is 0 Å². The van der Waals surface area contributed by atoms with Gasteiger partial charge in [0.05, 0.1) is 16.8 Å². The van der Waals surface area contributed by atoms with Gasteiger partial charge in [-0.05, 0) is 60.7 Å². The number of hydrogen-bond acceptors (Lipinski definition) is 7. The molecule has 0 saturated heterocycles. The summed E-state index contributed by atoms with van der Waals surface area (Å²) in [5, 5.41) is 2.58. The number of nitrogens with zero attached hydrogens (tertiary/aromatic N) is 1. The van der Waals surface area contributed by atoms with Gasteiger partial charge in [-0.2, -0.15) is 0 Å². The van der Waals surface area contributed by atoms with Crippen molar-refractivity contribution >= 4 is 58.9 Å². The quantitative estimate of drug-likeness (QED) is 0.417.